The molecule has 0 aliphatic rings. The van der Waals surface area contributed by atoms with Crippen LogP contribution in [0.1, 0.15) is 36.5 Å². The number of aromatic nitrogens is 2. The van der Waals surface area contributed by atoms with Gasteiger partial charge in [-0.2, -0.15) is 0 Å². The third-order valence-electron chi connectivity index (χ3n) is 4.45. The van der Waals surface area contributed by atoms with E-state index in [0.29, 0.717) is 18.5 Å². The van der Waals surface area contributed by atoms with Gasteiger partial charge in [-0.3, -0.25) is 14.8 Å². The van der Waals surface area contributed by atoms with E-state index in [9.17, 15) is 9.90 Å². The average Bonchev–Trinajstić information content (AvgIpc) is 2.66. The summed E-state index contributed by atoms with van der Waals surface area (Å²) < 4.78 is 1.76. The van der Waals surface area contributed by atoms with Crippen LogP contribution in [0.2, 0.25) is 0 Å². The molecule has 0 atom stereocenters. The summed E-state index contributed by atoms with van der Waals surface area (Å²) in [7, 11) is 0. The molecule has 0 aliphatic carbocycles. The number of unbranched alkanes of at least 4 members (excludes halogenated alkanes) is 1. The smallest absolute Gasteiger partial charge is 0.263 e. The maximum absolute atomic E-state index is 13.0. The van der Waals surface area contributed by atoms with E-state index in [1.54, 1.807) is 17.0 Å². The van der Waals surface area contributed by atoms with Crippen molar-refractivity contribution in [1.82, 2.24) is 9.55 Å². The molecule has 0 spiro atoms. The van der Waals surface area contributed by atoms with Gasteiger partial charge < -0.3 is 9.67 Å². The van der Waals surface area contributed by atoms with Crippen LogP contribution in [0.25, 0.3) is 10.9 Å². The summed E-state index contributed by atoms with van der Waals surface area (Å²) in [6.45, 7) is 5.09. The second kappa shape index (κ2) is 7.95. The third-order valence-corrected chi connectivity index (χ3v) is 4.45. The van der Waals surface area contributed by atoms with Gasteiger partial charge in [-0.25, -0.2) is 0 Å². The predicted molar refractivity (Wildman–Crippen MR) is 105 cm³/mol. The Kier molecular flexibility index (Phi) is 5.46. The number of rotatable bonds is 6. The van der Waals surface area contributed by atoms with Gasteiger partial charge in [-0.1, -0.05) is 31.5 Å². The van der Waals surface area contributed by atoms with Gasteiger partial charge in [0, 0.05) is 30.5 Å². The van der Waals surface area contributed by atoms with Crippen LogP contribution in [0.5, 0.6) is 5.75 Å². The molecule has 26 heavy (non-hydrogen) atoms. The number of nitrogens with zero attached hydrogens (tertiary/aromatic N) is 3. The minimum Gasteiger partial charge on any atom is -0.506 e. The highest BCUT2D eigenvalue weighted by Crippen LogP contribution is 2.28. The molecule has 0 aliphatic heterocycles. The lowest BCUT2D eigenvalue weighted by molar-refractivity contribution is 0.477. The molecule has 0 fully saturated rings. The van der Waals surface area contributed by atoms with E-state index < -0.39 is 0 Å². The number of aryl methyl sites for hydroxylation is 2. The molecule has 0 unspecified atom stereocenters. The van der Waals surface area contributed by atoms with Crippen LogP contribution < -0.4 is 5.56 Å². The van der Waals surface area contributed by atoms with Gasteiger partial charge in [0.05, 0.1) is 12.1 Å². The third kappa shape index (κ3) is 3.52. The summed E-state index contributed by atoms with van der Waals surface area (Å²) in [5, 5.41) is 11.4. The van der Waals surface area contributed by atoms with Crippen LogP contribution in [0.3, 0.4) is 0 Å². The fraction of sp³-hybridized carbons (Fsp3) is 0.286. The van der Waals surface area contributed by atoms with Gasteiger partial charge in [-0.15, -0.1) is 0 Å². The summed E-state index contributed by atoms with van der Waals surface area (Å²) in [4.78, 5) is 21.4. The Balaban J connectivity index is 2.09. The Morgan fingerprint density at radius 2 is 2.12 bits per heavy atom. The van der Waals surface area contributed by atoms with Gasteiger partial charge in [0.1, 0.15) is 11.3 Å². The molecule has 1 aromatic carbocycles. The van der Waals surface area contributed by atoms with Crippen molar-refractivity contribution in [2.75, 3.05) is 0 Å². The van der Waals surface area contributed by atoms with Crippen LogP contribution in [0, 0.1) is 6.92 Å². The number of aromatic hydroxyl groups is 1. The Morgan fingerprint density at radius 3 is 2.85 bits per heavy atom. The van der Waals surface area contributed by atoms with Gasteiger partial charge in [0.2, 0.25) is 0 Å². The van der Waals surface area contributed by atoms with Crippen LogP contribution in [0.15, 0.2) is 52.5 Å². The number of pyridine rings is 2. The second-order valence-corrected chi connectivity index (χ2v) is 6.37. The molecule has 2 heterocycles. The van der Waals surface area contributed by atoms with Gasteiger partial charge in [0.25, 0.3) is 5.56 Å². The van der Waals surface area contributed by atoms with E-state index >= 15 is 0 Å². The average molecular weight is 349 g/mol. The van der Waals surface area contributed by atoms with Gasteiger partial charge in [-0.05, 0) is 36.6 Å². The summed E-state index contributed by atoms with van der Waals surface area (Å²) >= 11 is 0. The molecule has 0 saturated heterocycles. The highest BCUT2D eigenvalue weighted by atomic mass is 16.3. The first kappa shape index (κ1) is 17.9. The molecule has 1 N–H and O–H groups in total. The number of benzene rings is 1. The number of para-hydroxylation sites is 1. The second-order valence-electron chi connectivity index (χ2n) is 6.37. The van der Waals surface area contributed by atoms with Crippen LogP contribution in [-0.4, -0.2) is 20.9 Å². The Morgan fingerprint density at radius 1 is 1.27 bits per heavy atom. The molecule has 3 rings (SSSR count). The summed E-state index contributed by atoms with van der Waals surface area (Å²) in [6, 6.07) is 9.47. The molecule has 0 radical (unpaired) electrons. The number of aliphatic imine (C=N–C) groups is 1. The summed E-state index contributed by atoms with van der Waals surface area (Å²) in [5.41, 5.74) is 2.76. The minimum atomic E-state index is -0.201. The van der Waals surface area contributed by atoms with E-state index in [1.165, 1.54) is 6.21 Å². The lowest BCUT2D eigenvalue weighted by Gasteiger charge is -2.15. The largest absolute Gasteiger partial charge is 0.506 e. The van der Waals surface area contributed by atoms with Crippen molar-refractivity contribution in [3.63, 3.8) is 0 Å². The van der Waals surface area contributed by atoms with Crippen molar-refractivity contribution >= 4 is 17.1 Å². The highest BCUT2D eigenvalue weighted by Gasteiger charge is 2.16. The first-order valence-corrected chi connectivity index (χ1v) is 8.87. The van der Waals surface area contributed by atoms with Crippen molar-refractivity contribution in [3.8, 4) is 5.75 Å². The molecule has 0 amide bonds. The van der Waals surface area contributed by atoms with E-state index in [1.807, 2.05) is 37.3 Å². The van der Waals surface area contributed by atoms with E-state index in [4.69, 9.17) is 0 Å². The maximum atomic E-state index is 13.0. The zero-order valence-electron chi connectivity index (χ0n) is 15.1. The molecule has 2 aromatic heterocycles. The van der Waals surface area contributed by atoms with Gasteiger partial charge in [0.15, 0.2) is 0 Å². The quantitative estimate of drug-likeness (QED) is 0.688. The topological polar surface area (TPSA) is 67.5 Å². The summed E-state index contributed by atoms with van der Waals surface area (Å²) in [5.74, 6) is -0.00335. The van der Waals surface area contributed by atoms with Crippen molar-refractivity contribution in [1.29, 1.82) is 0 Å². The SMILES string of the molecule is CCCCn1c(=O)c(C=NCc2cccnc2)c(O)c2cccc(C)c21. The molecule has 0 saturated carbocycles. The zero-order valence-corrected chi connectivity index (χ0v) is 15.1. The van der Waals surface area contributed by atoms with E-state index in [2.05, 4.69) is 16.9 Å². The number of hydrogen-bond acceptors (Lipinski definition) is 4. The number of hydrogen-bond donors (Lipinski definition) is 1. The van der Waals surface area contributed by atoms with Crippen LogP contribution >= 0.6 is 0 Å². The van der Waals surface area contributed by atoms with E-state index in [-0.39, 0.29) is 16.9 Å². The van der Waals surface area contributed by atoms with Crippen molar-refractivity contribution in [2.45, 2.75) is 39.8 Å². The fourth-order valence-electron chi connectivity index (χ4n) is 3.08. The standard InChI is InChI=1S/C21H23N3O2/c1-3-4-11-24-19-15(2)7-5-9-17(19)20(25)18(21(24)26)14-23-13-16-8-6-10-22-12-16/h5-10,12,14,25H,3-4,11,13H2,1-2H3. The normalized spacial score (nSPS) is 11.5. The molecule has 5 nitrogen and oxygen atoms in total. The first-order chi connectivity index (χ1) is 12.6. The van der Waals surface area contributed by atoms with Gasteiger partial charge >= 0.3 is 0 Å². The Hall–Kier alpha value is -2.95. The number of fused-ring (bicyclic) bond motifs is 1. The molecule has 0 bridgehead atoms. The highest BCUT2D eigenvalue weighted by molar-refractivity contribution is 5.96. The zero-order chi connectivity index (χ0) is 18.5. The monoisotopic (exact) mass is 349 g/mol. The predicted octanol–water partition coefficient (Wildman–Crippen LogP) is 3.83. The maximum Gasteiger partial charge on any atom is 0.263 e. The first-order valence-electron chi connectivity index (χ1n) is 8.87. The van der Waals surface area contributed by atoms with E-state index in [0.717, 1.165) is 29.5 Å². The molecular formula is C21H23N3O2. The minimum absolute atomic E-state index is 0.00335. The Bertz CT molecular complexity index is 992. The Labute approximate surface area is 152 Å². The van der Waals surface area contributed by atoms with Crippen LogP contribution in [-0.2, 0) is 13.1 Å². The lowest BCUT2D eigenvalue weighted by Crippen LogP contribution is -2.25. The van der Waals surface area contributed by atoms with Crippen molar-refractivity contribution < 1.29 is 5.11 Å². The molecule has 5 heteroatoms. The van der Waals surface area contributed by atoms with Crippen molar-refractivity contribution in [2.24, 2.45) is 4.99 Å². The van der Waals surface area contributed by atoms with Crippen molar-refractivity contribution in [3.05, 3.63) is 69.8 Å². The lowest BCUT2D eigenvalue weighted by atomic mass is 10.1. The summed E-state index contributed by atoms with van der Waals surface area (Å²) in [6.07, 6.45) is 6.82. The fourth-order valence-corrected chi connectivity index (χ4v) is 3.08. The molecule has 134 valence electrons. The molecule has 3 aromatic rings. The molecular weight excluding hydrogens is 326 g/mol. The van der Waals surface area contributed by atoms with Crippen LogP contribution in [0.4, 0.5) is 0 Å².